The SMILES string of the molecule is COC(=O)CNC(=O)c1ccc2c(n1)n(C1CCN(C(=O)OC(C)(C)C)C1)c(=O)n2-c1ccc(-c2ccccc2)cc1. The van der Waals surface area contributed by atoms with E-state index in [1.165, 1.54) is 13.2 Å². The molecule has 218 valence electrons. The Balaban J connectivity index is 1.55. The maximum absolute atomic E-state index is 14.1. The van der Waals surface area contributed by atoms with Crippen molar-refractivity contribution in [1.82, 2.24) is 24.3 Å². The van der Waals surface area contributed by atoms with Crippen LogP contribution in [0.25, 0.3) is 28.0 Å². The quantitative estimate of drug-likeness (QED) is 0.348. The third kappa shape index (κ3) is 5.90. The minimum absolute atomic E-state index is 0.0405. The molecule has 1 aliphatic heterocycles. The van der Waals surface area contributed by atoms with Crippen LogP contribution in [-0.2, 0) is 14.3 Å². The lowest BCUT2D eigenvalue weighted by Gasteiger charge is -2.24. The van der Waals surface area contributed by atoms with Gasteiger partial charge in [0.1, 0.15) is 17.8 Å². The highest BCUT2D eigenvalue weighted by atomic mass is 16.6. The van der Waals surface area contributed by atoms with E-state index in [0.717, 1.165) is 11.1 Å². The first-order valence-electron chi connectivity index (χ1n) is 13.7. The van der Waals surface area contributed by atoms with Gasteiger partial charge in [-0.25, -0.2) is 14.6 Å². The van der Waals surface area contributed by atoms with Gasteiger partial charge in [-0.3, -0.25) is 18.7 Å². The van der Waals surface area contributed by atoms with Crippen molar-refractivity contribution in [2.24, 2.45) is 0 Å². The summed E-state index contributed by atoms with van der Waals surface area (Å²) in [6.07, 6.45) is 0.0557. The number of rotatable bonds is 6. The number of carbonyl (C=O) groups is 3. The van der Waals surface area contributed by atoms with Crippen LogP contribution in [-0.4, -0.2) is 69.3 Å². The van der Waals surface area contributed by atoms with Crippen LogP contribution >= 0.6 is 0 Å². The van der Waals surface area contributed by atoms with Gasteiger partial charge in [0, 0.05) is 13.1 Å². The Bertz CT molecular complexity index is 1690. The zero-order valence-corrected chi connectivity index (χ0v) is 24.0. The molecule has 42 heavy (non-hydrogen) atoms. The summed E-state index contributed by atoms with van der Waals surface area (Å²) in [4.78, 5) is 57.3. The van der Waals surface area contributed by atoms with E-state index in [1.807, 2.05) is 54.6 Å². The summed E-state index contributed by atoms with van der Waals surface area (Å²) >= 11 is 0. The normalized spacial score (nSPS) is 15.0. The number of benzene rings is 2. The van der Waals surface area contributed by atoms with Crippen LogP contribution in [0.2, 0.25) is 0 Å². The summed E-state index contributed by atoms with van der Waals surface area (Å²) < 4.78 is 13.2. The van der Waals surface area contributed by atoms with E-state index in [9.17, 15) is 19.2 Å². The Morgan fingerprint density at radius 1 is 0.976 bits per heavy atom. The van der Waals surface area contributed by atoms with E-state index in [-0.39, 0.29) is 24.5 Å². The van der Waals surface area contributed by atoms with E-state index >= 15 is 0 Å². The van der Waals surface area contributed by atoms with Crippen molar-refractivity contribution in [3.63, 3.8) is 0 Å². The molecule has 1 unspecified atom stereocenters. The molecule has 1 fully saturated rings. The number of imidazole rings is 1. The van der Waals surface area contributed by atoms with Gasteiger partial charge < -0.3 is 19.7 Å². The molecular weight excluding hydrogens is 538 g/mol. The number of methoxy groups -OCH3 is 1. The highest BCUT2D eigenvalue weighted by Crippen LogP contribution is 2.28. The van der Waals surface area contributed by atoms with E-state index in [1.54, 1.807) is 40.9 Å². The molecule has 1 saturated heterocycles. The minimum atomic E-state index is -0.651. The first-order valence-corrected chi connectivity index (χ1v) is 13.7. The largest absolute Gasteiger partial charge is 0.468 e. The monoisotopic (exact) mass is 571 g/mol. The number of hydrogen-bond acceptors (Lipinski definition) is 7. The predicted molar refractivity (Wildman–Crippen MR) is 157 cm³/mol. The molecule has 0 spiro atoms. The van der Waals surface area contributed by atoms with Gasteiger partial charge in [-0.05, 0) is 62.6 Å². The van der Waals surface area contributed by atoms with Crippen LogP contribution in [0.1, 0.15) is 43.7 Å². The Morgan fingerprint density at radius 2 is 1.67 bits per heavy atom. The van der Waals surface area contributed by atoms with Crippen LogP contribution in [0.5, 0.6) is 0 Å². The summed E-state index contributed by atoms with van der Waals surface area (Å²) in [5.74, 6) is -1.18. The average Bonchev–Trinajstić information content (AvgIpc) is 3.57. The van der Waals surface area contributed by atoms with Gasteiger partial charge in [0.25, 0.3) is 5.91 Å². The van der Waals surface area contributed by atoms with Crippen LogP contribution in [0, 0.1) is 0 Å². The van der Waals surface area contributed by atoms with E-state index in [2.05, 4.69) is 15.0 Å². The average molecular weight is 572 g/mol. The van der Waals surface area contributed by atoms with E-state index in [4.69, 9.17) is 4.74 Å². The fraction of sp³-hybridized carbons (Fsp3) is 0.323. The highest BCUT2D eigenvalue weighted by molar-refractivity contribution is 5.96. The highest BCUT2D eigenvalue weighted by Gasteiger charge is 2.33. The smallest absolute Gasteiger partial charge is 0.410 e. The molecule has 0 saturated carbocycles. The molecule has 2 aromatic heterocycles. The summed E-state index contributed by atoms with van der Waals surface area (Å²) in [6, 6.07) is 20.3. The fourth-order valence-electron chi connectivity index (χ4n) is 4.99. The van der Waals surface area contributed by atoms with Crippen LogP contribution in [0.4, 0.5) is 4.79 Å². The number of ether oxygens (including phenoxy) is 2. The van der Waals surface area contributed by atoms with Crippen LogP contribution in [0.15, 0.2) is 71.5 Å². The molecule has 1 atom stereocenters. The number of esters is 1. The Labute approximate surface area is 242 Å². The first kappa shape index (κ1) is 28.6. The second kappa shape index (κ2) is 11.5. The second-order valence-electron chi connectivity index (χ2n) is 11.1. The van der Waals surface area contributed by atoms with Gasteiger partial charge in [-0.15, -0.1) is 0 Å². The molecule has 5 rings (SSSR count). The summed E-state index contributed by atoms with van der Waals surface area (Å²) in [7, 11) is 1.23. The van der Waals surface area contributed by atoms with Gasteiger partial charge in [-0.1, -0.05) is 42.5 Å². The number of hydrogen-bond donors (Lipinski definition) is 1. The standard InChI is InChI=1S/C31H33N5O6/c1-31(2,3)42-30(40)34-17-16-23(19-34)36-27-25(15-14-24(33-27)28(38)32-18-26(37)41-4)35(29(36)39)22-12-10-21(11-13-22)20-8-6-5-7-9-20/h5-15,23H,16-19H2,1-4H3,(H,32,38). The lowest BCUT2D eigenvalue weighted by Crippen LogP contribution is -2.36. The predicted octanol–water partition coefficient (Wildman–Crippen LogP) is 3.94. The molecule has 11 heteroatoms. The van der Waals surface area contributed by atoms with Crippen molar-refractivity contribution in [3.8, 4) is 16.8 Å². The number of carbonyl (C=O) groups excluding carboxylic acids is 3. The van der Waals surface area contributed by atoms with Gasteiger partial charge >= 0.3 is 17.8 Å². The molecule has 3 heterocycles. The minimum Gasteiger partial charge on any atom is -0.468 e. The number of aromatic nitrogens is 3. The molecule has 2 aromatic carbocycles. The van der Waals surface area contributed by atoms with Gasteiger partial charge in [0.05, 0.1) is 24.4 Å². The van der Waals surface area contributed by atoms with Gasteiger partial charge in [0.15, 0.2) is 5.65 Å². The third-order valence-corrected chi connectivity index (χ3v) is 6.99. The zero-order chi connectivity index (χ0) is 30.0. The number of nitrogens with zero attached hydrogens (tertiary/aromatic N) is 4. The molecule has 0 bridgehead atoms. The van der Waals surface area contributed by atoms with E-state index < -0.39 is 29.6 Å². The zero-order valence-electron chi connectivity index (χ0n) is 24.0. The Kier molecular flexibility index (Phi) is 7.84. The van der Waals surface area contributed by atoms with Crippen LogP contribution < -0.4 is 11.0 Å². The fourth-order valence-corrected chi connectivity index (χ4v) is 4.99. The molecule has 0 aliphatic carbocycles. The van der Waals surface area contributed by atoms with Gasteiger partial charge in [0.2, 0.25) is 0 Å². The van der Waals surface area contributed by atoms with Crippen LogP contribution in [0.3, 0.4) is 0 Å². The summed E-state index contributed by atoms with van der Waals surface area (Å²) in [5, 5.41) is 2.48. The maximum atomic E-state index is 14.1. The second-order valence-corrected chi connectivity index (χ2v) is 11.1. The van der Waals surface area contributed by atoms with E-state index in [0.29, 0.717) is 29.8 Å². The number of pyridine rings is 1. The van der Waals surface area contributed by atoms with Gasteiger partial charge in [-0.2, -0.15) is 0 Å². The van der Waals surface area contributed by atoms with Crippen molar-refractivity contribution in [1.29, 1.82) is 0 Å². The van der Waals surface area contributed by atoms with Crippen molar-refractivity contribution in [3.05, 3.63) is 82.9 Å². The molecule has 1 aliphatic rings. The number of amides is 2. The lowest BCUT2D eigenvalue weighted by molar-refractivity contribution is -0.139. The number of nitrogens with one attached hydrogen (secondary N) is 1. The first-order chi connectivity index (χ1) is 20.1. The molecular formula is C31H33N5O6. The summed E-state index contributed by atoms with van der Waals surface area (Å²) in [5.41, 5.74) is 2.55. The maximum Gasteiger partial charge on any atom is 0.410 e. The number of fused-ring (bicyclic) bond motifs is 1. The Morgan fingerprint density at radius 3 is 2.33 bits per heavy atom. The molecule has 4 aromatic rings. The van der Waals surface area contributed by atoms with Crippen molar-refractivity contribution in [2.45, 2.75) is 38.8 Å². The lowest BCUT2D eigenvalue weighted by atomic mass is 10.1. The number of likely N-dealkylation sites (tertiary alicyclic amines) is 1. The van der Waals surface area contributed by atoms with Crippen molar-refractivity contribution < 1.29 is 23.9 Å². The molecule has 11 nitrogen and oxygen atoms in total. The molecule has 2 amide bonds. The van der Waals surface area contributed by atoms with Crippen molar-refractivity contribution >= 4 is 29.1 Å². The molecule has 0 radical (unpaired) electrons. The molecule has 1 N–H and O–H groups in total. The summed E-state index contributed by atoms with van der Waals surface area (Å²) in [6.45, 7) is 5.75. The third-order valence-electron chi connectivity index (χ3n) is 6.99. The van der Waals surface area contributed by atoms with Crippen molar-refractivity contribution in [2.75, 3.05) is 26.7 Å². The topological polar surface area (TPSA) is 125 Å². The Hall–Kier alpha value is -4.93.